The van der Waals surface area contributed by atoms with Gasteiger partial charge >= 0.3 is 11.7 Å². The molecule has 4 N–H and O–H groups in total. The molecule has 0 bridgehead atoms. The van der Waals surface area contributed by atoms with Gasteiger partial charge in [-0.2, -0.15) is 0 Å². The van der Waals surface area contributed by atoms with E-state index < -0.39 is 28.5 Å². The van der Waals surface area contributed by atoms with Gasteiger partial charge < -0.3 is 20.3 Å². The zero-order valence-corrected chi connectivity index (χ0v) is 25.5. The van der Waals surface area contributed by atoms with Crippen molar-refractivity contribution in [3.63, 3.8) is 0 Å². The quantitative estimate of drug-likeness (QED) is 0.188. The SMILES string of the molecule is Cc1ccc(Nc2cc(=O)n(CCCCN3CCN(c4cc5[nH]c(C6CC6)c(C(=O)O)c(=O)c5cc4F)CC3)c(=O)[nH]2)cc1Cl. The van der Waals surface area contributed by atoms with Crippen LogP contribution in [0.5, 0.6) is 0 Å². The lowest BCUT2D eigenvalue weighted by Gasteiger charge is -2.36. The van der Waals surface area contributed by atoms with E-state index in [1.807, 2.05) is 24.0 Å². The first-order chi connectivity index (χ1) is 21.6. The molecule has 13 heteroatoms. The van der Waals surface area contributed by atoms with Crippen LogP contribution in [0.3, 0.4) is 0 Å². The van der Waals surface area contributed by atoms with Gasteiger partial charge in [-0.3, -0.25) is 24.0 Å². The Kier molecular flexibility index (Phi) is 8.52. The smallest absolute Gasteiger partial charge is 0.341 e. The van der Waals surface area contributed by atoms with Crippen LogP contribution >= 0.6 is 11.6 Å². The summed E-state index contributed by atoms with van der Waals surface area (Å²) in [5, 5.41) is 13.2. The molecular formula is C32H34ClFN6O5. The number of carboxylic acid groups (broad SMARTS) is 1. The summed E-state index contributed by atoms with van der Waals surface area (Å²) >= 11 is 6.16. The molecular weight excluding hydrogens is 603 g/mol. The Labute approximate surface area is 262 Å². The molecule has 0 unspecified atom stereocenters. The maximum Gasteiger partial charge on any atom is 0.341 e. The molecule has 0 atom stereocenters. The Morgan fingerprint density at radius 1 is 1.02 bits per heavy atom. The van der Waals surface area contributed by atoms with E-state index in [4.69, 9.17) is 11.6 Å². The number of halogens is 2. The summed E-state index contributed by atoms with van der Waals surface area (Å²) in [5.41, 5.74) is 1.00. The maximum absolute atomic E-state index is 15.2. The van der Waals surface area contributed by atoms with Gasteiger partial charge in [-0.1, -0.05) is 17.7 Å². The van der Waals surface area contributed by atoms with E-state index in [-0.39, 0.29) is 23.4 Å². The molecule has 1 aliphatic heterocycles. The van der Waals surface area contributed by atoms with Crippen molar-refractivity contribution in [1.82, 2.24) is 19.4 Å². The van der Waals surface area contributed by atoms with Gasteiger partial charge in [-0.15, -0.1) is 0 Å². The van der Waals surface area contributed by atoms with Crippen molar-refractivity contribution >= 4 is 45.7 Å². The molecule has 3 heterocycles. The van der Waals surface area contributed by atoms with Crippen LogP contribution in [0.15, 0.2) is 50.8 Å². The van der Waals surface area contributed by atoms with Gasteiger partial charge in [0.2, 0.25) is 5.43 Å². The number of hydrogen-bond donors (Lipinski definition) is 4. The van der Waals surface area contributed by atoms with E-state index >= 15 is 4.39 Å². The number of fused-ring (bicyclic) bond motifs is 1. The fourth-order valence-electron chi connectivity index (χ4n) is 5.89. The first-order valence-corrected chi connectivity index (χ1v) is 15.4. The van der Waals surface area contributed by atoms with Crippen LogP contribution < -0.4 is 26.9 Å². The van der Waals surface area contributed by atoms with E-state index in [0.717, 1.165) is 37.4 Å². The van der Waals surface area contributed by atoms with Crippen LogP contribution in [0.2, 0.25) is 5.02 Å². The number of H-pyrrole nitrogens is 2. The van der Waals surface area contributed by atoms with E-state index in [2.05, 4.69) is 20.2 Å². The lowest BCUT2D eigenvalue weighted by Crippen LogP contribution is -2.47. The molecule has 4 aromatic rings. The van der Waals surface area contributed by atoms with Crippen molar-refractivity contribution in [3.8, 4) is 0 Å². The number of piperazine rings is 1. The van der Waals surface area contributed by atoms with Gasteiger partial charge in [0.15, 0.2) is 0 Å². The van der Waals surface area contributed by atoms with Gasteiger partial charge in [0.1, 0.15) is 17.2 Å². The molecule has 45 heavy (non-hydrogen) atoms. The third-order valence-electron chi connectivity index (χ3n) is 8.59. The fraction of sp³-hybridized carbons (Fsp3) is 0.375. The first-order valence-electron chi connectivity index (χ1n) is 15.1. The summed E-state index contributed by atoms with van der Waals surface area (Å²) < 4.78 is 16.4. The Morgan fingerprint density at radius 3 is 2.42 bits per heavy atom. The van der Waals surface area contributed by atoms with Crippen LogP contribution in [-0.4, -0.2) is 63.2 Å². The number of nitrogens with zero attached hydrogens (tertiary/aromatic N) is 3. The summed E-state index contributed by atoms with van der Waals surface area (Å²) in [6.07, 6.45) is 3.05. The lowest BCUT2D eigenvalue weighted by atomic mass is 10.0. The van der Waals surface area contributed by atoms with Crippen LogP contribution in [0.4, 0.5) is 21.6 Å². The monoisotopic (exact) mass is 636 g/mol. The molecule has 0 radical (unpaired) electrons. The predicted molar refractivity (Wildman–Crippen MR) is 172 cm³/mol. The molecule has 0 spiro atoms. The molecule has 2 aromatic heterocycles. The summed E-state index contributed by atoms with van der Waals surface area (Å²) in [4.78, 5) is 60.0. The number of benzene rings is 2. The van der Waals surface area contributed by atoms with Crippen molar-refractivity contribution in [2.24, 2.45) is 0 Å². The van der Waals surface area contributed by atoms with E-state index in [0.29, 0.717) is 66.0 Å². The summed E-state index contributed by atoms with van der Waals surface area (Å²) in [6, 6.07) is 9.50. The molecule has 236 valence electrons. The largest absolute Gasteiger partial charge is 0.477 e. The van der Waals surface area contributed by atoms with Crippen molar-refractivity contribution in [2.75, 3.05) is 42.9 Å². The highest BCUT2D eigenvalue weighted by atomic mass is 35.5. The second-order valence-electron chi connectivity index (χ2n) is 11.8. The van der Waals surface area contributed by atoms with Gasteiger partial charge in [-0.25, -0.2) is 14.0 Å². The molecule has 1 saturated heterocycles. The molecule has 2 aromatic carbocycles. The summed E-state index contributed by atoms with van der Waals surface area (Å²) in [7, 11) is 0. The van der Waals surface area contributed by atoms with Crippen LogP contribution in [-0.2, 0) is 6.54 Å². The Bertz CT molecular complexity index is 1930. The number of carbonyl (C=O) groups is 1. The van der Waals surface area contributed by atoms with Crippen LogP contribution in [0.1, 0.15) is 53.2 Å². The lowest BCUT2D eigenvalue weighted by molar-refractivity contribution is 0.0694. The predicted octanol–water partition coefficient (Wildman–Crippen LogP) is 4.40. The van der Waals surface area contributed by atoms with Crippen molar-refractivity contribution in [3.05, 3.63) is 95.1 Å². The molecule has 6 rings (SSSR count). The number of nitrogens with one attached hydrogen (secondary N) is 3. The number of aryl methyl sites for hydroxylation is 1. The Hall–Kier alpha value is -4.42. The van der Waals surface area contributed by atoms with E-state index in [1.165, 1.54) is 10.6 Å². The zero-order chi connectivity index (χ0) is 31.8. The molecule has 0 amide bonds. The standard InChI is InChI=1S/C32H34ClFN6O5/c1-18-4-7-20(14-22(18)33)35-26-17-27(41)40(32(45)37-26)9-3-2-8-38-10-12-39(13-11-38)25-16-24-21(15-23(25)34)30(42)28(31(43)44)29(36-24)19-5-6-19/h4,7,14-17,19,35H,2-3,5-6,8-13H2,1H3,(H,36,42)(H,37,45)(H,43,44). The van der Waals surface area contributed by atoms with Crippen LogP contribution in [0, 0.1) is 12.7 Å². The fourth-order valence-corrected chi connectivity index (χ4v) is 6.07. The second-order valence-corrected chi connectivity index (χ2v) is 12.2. The number of aromatic nitrogens is 3. The normalized spacial score (nSPS) is 15.5. The number of aromatic carboxylic acids is 1. The summed E-state index contributed by atoms with van der Waals surface area (Å²) in [5.74, 6) is -1.55. The average Bonchev–Trinajstić information content (AvgIpc) is 3.84. The Morgan fingerprint density at radius 2 is 1.76 bits per heavy atom. The van der Waals surface area contributed by atoms with Gasteiger partial charge in [0, 0.05) is 66.5 Å². The Balaban J connectivity index is 1.03. The number of rotatable bonds is 10. The molecule has 1 aliphatic carbocycles. The molecule has 1 saturated carbocycles. The number of anilines is 3. The average molecular weight is 637 g/mol. The number of unbranched alkanes of at least 4 members (excludes halogenated alkanes) is 1. The van der Waals surface area contributed by atoms with Gasteiger partial charge in [0.25, 0.3) is 5.56 Å². The van der Waals surface area contributed by atoms with Gasteiger partial charge in [0.05, 0.1) is 11.2 Å². The maximum atomic E-state index is 15.2. The summed E-state index contributed by atoms with van der Waals surface area (Å²) in [6.45, 7) is 5.50. The highest BCUT2D eigenvalue weighted by Crippen LogP contribution is 2.41. The highest BCUT2D eigenvalue weighted by Gasteiger charge is 2.32. The third-order valence-corrected chi connectivity index (χ3v) is 8.99. The van der Waals surface area contributed by atoms with Crippen LogP contribution in [0.25, 0.3) is 10.9 Å². The number of carboxylic acids is 1. The minimum Gasteiger partial charge on any atom is -0.477 e. The molecule has 2 fully saturated rings. The first kappa shape index (κ1) is 30.6. The van der Waals surface area contributed by atoms with Crippen molar-refractivity contribution in [1.29, 1.82) is 0 Å². The molecule has 11 nitrogen and oxygen atoms in total. The second kappa shape index (κ2) is 12.5. The number of hydrogen-bond acceptors (Lipinski definition) is 7. The molecule has 2 aliphatic rings. The van der Waals surface area contributed by atoms with Gasteiger partial charge in [-0.05, 0) is 69.0 Å². The topological polar surface area (TPSA) is 144 Å². The highest BCUT2D eigenvalue weighted by molar-refractivity contribution is 6.31. The van der Waals surface area contributed by atoms with Crippen molar-refractivity contribution in [2.45, 2.75) is 45.1 Å². The van der Waals surface area contributed by atoms with E-state index in [1.54, 1.807) is 12.1 Å². The number of pyridine rings is 1. The zero-order valence-electron chi connectivity index (χ0n) is 24.8. The third kappa shape index (κ3) is 6.52. The minimum atomic E-state index is -1.30. The number of aromatic amines is 2. The van der Waals surface area contributed by atoms with E-state index in [9.17, 15) is 24.3 Å². The minimum absolute atomic E-state index is 0.0164. The van der Waals surface area contributed by atoms with Crippen molar-refractivity contribution < 1.29 is 14.3 Å².